The number of carbonyl (C=O) groups is 2. The van der Waals surface area contributed by atoms with Crippen LogP contribution in [0.1, 0.15) is 23.1 Å². The summed E-state index contributed by atoms with van der Waals surface area (Å²) in [4.78, 5) is 22.0. The smallest absolute Gasteiger partial charge is 0.236 e. The van der Waals surface area contributed by atoms with E-state index in [1.807, 2.05) is 6.07 Å². The first-order valence-electron chi connectivity index (χ1n) is 5.81. The first kappa shape index (κ1) is 11.6. The van der Waals surface area contributed by atoms with Crippen LogP contribution in [0.3, 0.4) is 0 Å². The van der Waals surface area contributed by atoms with Gasteiger partial charge in [-0.1, -0.05) is 18.2 Å². The van der Waals surface area contributed by atoms with Crippen molar-refractivity contribution in [3.8, 4) is 0 Å². The summed E-state index contributed by atoms with van der Waals surface area (Å²) >= 11 is 0. The second-order valence-electron chi connectivity index (χ2n) is 4.38. The molecule has 1 aliphatic rings. The van der Waals surface area contributed by atoms with E-state index >= 15 is 0 Å². The van der Waals surface area contributed by atoms with Gasteiger partial charge in [-0.2, -0.15) is 0 Å². The third-order valence-electron chi connectivity index (χ3n) is 2.99. The van der Waals surface area contributed by atoms with E-state index in [1.165, 1.54) is 17.5 Å². The number of aryl methyl sites for hydroxylation is 2. The van der Waals surface area contributed by atoms with Crippen LogP contribution in [-0.4, -0.2) is 18.4 Å². The number of primary amides is 1. The quantitative estimate of drug-likeness (QED) is 0.784. The van der Waals surface area contributed by atoms with Crippen LogP contribution in [0.25, 0.3) is 0 Å². The van der Waals surface area contributed by atoms with E-state index in [0.29, 0.717) is 6.42 Å². The molecule has 0 unspecified atom stereocenters. The van der Waals surface area contributed by atoms with Gasteiger partial charge >= 0.3 is 0 Å². The summed E-state index contributed by atoms with van der Waals surface area (Å²) in [7, 11) is 0. The molecule has 0 spiro atoms. The van der Waals surface area contributed by atoms with Crippen molar-refractivity contribution in [2.24, 2.45) is 5.73 Å². The van der Waals surface area contributed by atoms with Gasteiger partial charge < -0.3 is 11.1 Å². The lowest BCUT2D eigenvalue weighted by molar-refractivity contribution is -0.124. The molecule has 0 aromatic heterocycles. The number of fused-ring (bicyclic) bond motifs is 1. The number of nitrogens with two attached hydrogens (primary N) is 1. The molecule has 17 heavy (non-hydrogen) atoms. The minimum atomic E-state index is -0.521. The highest BCUT2D eigenvalue weighted by Crippen LogP contribution is 2.22. The Morgan fingerprint density at radius 1 is 1.24 bits per heavy atom. The highest BCUT2D eigenvalue weighted by Gasteiger charge is 2.12. The number of carbonyl (C=O) groups excluding carboxylic acids is 2. The minimum absolute atomic E-state index is 0.0935. The van der Waals surface area contributed by atoms with Crippen molar-refractivity contribution in [1.29, 1.82) is 0 Å². The molecule has 90 valence electrons. The van der Waals surface area contributed by atoms with Gasteiger partial charge in [0.05, 0.1) is 13.0 Å². The van der Waals surface area contributed by atoms with Crippen molar-refractivity contribution < 1.29 is 9.59 Å². The summed E-state index contributed by atoms with van der Waals surface area (Å²) in [6, 6.07) is 6.17. The van der Waals surface area contributed by atoms with Crippen molar-refractivity contribution in [3.63, 3.8) is 0 Å². The van der Waals surface area contributed by atoms with Crippen molar-refractivity contribution >= 4 is 11.8 Å². The van der Waals surface area contributed by atoms with E-state index in [2.05, 4.69) is 17.4 Å². The fourth-order valence-electron chi connectivity index (χ4n) is 2.17. The van der Waals surface area contributed by atoms with Crippen LogP contribution < -0.4 is 11.1 Å². The Balaban J connectivity index is 1.95. The summed E-state index contributed by atoms with van der Waals surface area (Å²) in [5.41, 5.74) is 8.69. The molecule has 1 aliphatic carbocycles. The number of nitrogens with one attached hydrogen (secondary N) is 1. The van der Waals surface area contributed by atoms with Crippen LogP contribution in [-0.2, 0) is 28.9 Å². The van der Waals surface area contributed by atoms with E-state index < -0.39 is 5.91 Å². The zero-order chi connectivity index (χ0) is 12.3. The SMILES string of the molecule is NC(=O)CNC(=O)Cc1ccc2c(c1)CCC2. The van der Waals surface area contributed by atoms with Crippen LogP contribution in [0.15, 0.2) is 18.2 Å². The molecule has 0 saturated heterocycles. The van der Waals surface area contributed by atoms with Crippen molar-refractivity contribution in [3.05, 3.63) is 34.9 Å². The Morgan fingerprint density at radius 3 is 2.76 bits per heavy atom. The fourth-order valence-corrected chi connectivity index (χ4v) is 2.17. The molecule has 4 nitrogen and oxygen atoms in total. The van der Waals surface area contributed by atoms with E-state index in [9.17, 15) is 9.59 Å². The van der Waals surface area contributed by atoms with E-state index in [1.54, 1.807) is 0 Å². The monoisotopic (exact) mass is 232 g/mol. The average Bonchev–Trinajstić information content (AvgIpc) is 2.73. The second kappa shape index (κ2) is 4.99. The zero-order valence-electron chi connectivity index (χ0n) is 9.66. The first-order valence-corrected chi connectivity index (χ1v) is 5.81. The molecule has 2 amide bonds. The molecular formula is C13H16N2O2. The third-order valence-corrected chi connectivity index (χ3v) is 2.99. The van der Waals surface area contributed by atoms with Crippen LogP contribution in [0, 0.1) is 0 Å². The van der Waals surface area contributed by atoms with Gasteiger partial charge in [-0.15, -0.1) is 0 Å². The van der Waals surface area contributed by atoms with Crippen LogP contribution in [0.4, 0.5) is 0 Å². The normalized spacial score (nSPS) is 13.2. The molecule has 1 aromatic rings. The second-order valence-corrected chi connectivity index (χ2v) is 4.38. The summed E-state index contributed by atoms with van der Waals surface area (Å²) in [6.07, 6.45) is 3.75. The lowest BCUT2D eigenvalue weighted by Crippen LogP contribution is -2.34. The Hall–Kier alpha value is -1.84. The van der Waals surface area contributed by atoms with Gasteiger partial charge in [-0.05, 0) is 36.0 Å². The minimum Gasteiger partial charge on any atom is -0.368 e. The summed E-state index contributed by atoms with van der Waals surface area (Å²) in [5.74, 6) is -0.686. The van der Waals surface area contributed by atoms with Crippen LogP contribution in [0.5, 0.6) is 0 Å². The largest absolute Gasteiger partial charge is 0.368 e. The molecule has 2 rings (SSSR count). The summed E-state index contributed by atoms with van der Waals surface area (Å²) in [6.45, 7) is -0.0935. The van der Waals surface area contributed by atoms with Gasteiger partial charge in [0, 0.05) is 0 Å². The number of benzene rings is 1. The average molecular weight is 232 g/mol. The van der Waals surface area contributed by atoms with Crippen LogP contribution in [0.2, 0.25) is 0 Å². The van der Waals surface area contributed by atoms with Gasteiger partial charge in [0.2, 0.25) is 11.8 Å². The standard InChI is InChI=1S/C13H16N2O2/c14-12(16)8-15-13(17)7-9-4-5-10-2-1-3-11(10)6-9/h4-6H,1-3,7-8H2,(H2,14,16)(H,15,17). The Kier molecular flexibility index (Phi) is 3.42. The maximum absolute atomic E-state index is 11.5. The maximum atomic E-state index is 11.5. The van der Waals surface area contributed by atoms with Gasteiger partial charge in [0.25, 0.3) is 0 Å². The predicted molar refractivity (Wildman–Crippen MR) is 64.4 cm³/mol. The molecule has 0 bridgehead atoms. The van der Waals surface area contributed by atoms with Crippen molar-refractivity contribution in [2.75, 3.05) is 6.54 Å². The lowest BCUT2D eigenvalue weighted by atomic mass is 10.0. The topological polar surface area (TPSA) is 72.2 Å². The fraction of sp³-hybridized carbons (Fsp3) is 0.385. The molecule has 3 N–H and O–H groups in total. The Morgan fingerprint density at radius 2 is 2.00 bits per heavy atom. The first-order chi connectivity index (χ1) is 8.15. The van der Waals surface area contributed by atoms with Gasteiger partial charge in [0.1, 0.15) is 0 Å². The van der Waals surface area contributed by atoms with Crippen molar-refractivity contribution in [2.45, 2.75) is 25.7 Å². The van der Waals surface area contributed by atoms with E-state index in [-0.39, 0.29) is 12.5 Å². The zero-order valence-corrected chi connectivity index (χ0v) is 9.66. The Labute approximate surface area is 100 Å². The molecule has 0 heterocycles. The summed E-state index contributed by atoms with van der Waals surface area (Å²) < 4.78 is 0. The van der Waals surface area contributed by atoms with E-state index in [4.69, 9.17) is 5.73 Å². The number of rotatable bonds is 4. The lowest BCUT2D eigenvalue weighted by Gasteiger charge is -2.05. The van der Waals surface area contributed by atoms with Gasteiger partial charge in [-0.25, -0.2) is 0 Å². The number of hydrogen-bond acceptors (Lipinski definition) is 2. The third kappa shape index (κ3) is 3.06. The number of amides is 2. The summed E-state index contributed by atoms with van der Waals surface area (Å²) in [5, 5.41) is 2.48. The molecule has 1 aromatic carbocycles. The molecule has 0 aliphatic heterocycles. The highest BCUT2D eigenvalue weighted by molar-refractivity contribution is 5.84. The van der Waals surface area contributed by atoms with Gasteiger partial charge in [0.15, 0.2) is 0 Å². The van der Waals surface area contributed by atoms with E-state index in [0.717, 1.165) is 18.4 Å². The number of hydrogen-bond donors (Lipinski definition) is 2. The maximum Gasteiger partial charge on any atom is 0.236 e. The predicted octanol–water partition coefficient (Wildman–Crippen LogP) is 0.319. The molecular weight excluding hydrogens is 216 g/mol. The Bertz CT molecular complexity index is 455. The van der Waals surface area contributed by atoms with Crippen molar-refractivity contribution in [1.82, 2.24) is 5.32 Å². The molecule has 0 atom stereocenters. The molecule has 0 fully saturated rings. The van der Waals surface area contributed by atoms with Crippen LogP contribution >= 0.6 is 0 Å². The highest BCUT2D eigenvalue weighted by atomic mass is 16.2. The molecule has 0 radical (unpaired) electrons. The van der Waals surface area contributed by atoms with Gasteiger partial charge in [-0.3, -0.25) is 9.59 Å². The molecule has 0 saturated carbocycles. The molecule has 4 heteroatoms.